The minimum absolute atomic E-state index is 0.0826. The van der Waals surface area contributed by atoms with Crippen LogP contribution in [0.1, 0.15) is 50.4 Å². The van der Waals surface area contributed by atoms with Crippen LogP contribution in [-0.2, 0) is 23.0 Å². The molecule has 3 atom stereocenters. The van der Waals surface area contributed by atoms with Crippen molar-refractivity contribution in [3.8, 4) is 0 Å². The van der Waals surface area contributed by atoms with Gasteiger partial charge in [0.05, 0.1) is 30.1 Å². The number of hydrogen-bond donors (Lipinski definition) is 4. The Balaban J connectivity index is 1.57. The summed E-state index contributed by atoms with van der Waals surface area (Å²) in [5.41, 5.74) is 4.29. The second kappa shape index (κ2) is 16.4. The number of hydrogen-bond acceptors (Lipinski definition) is 7. The molecule has 0 radical (unpaired) electrons. The molecule has 2 amide bonds. The Labute approximate surface area is 283 Å². The van der Waals surface area contributed by atoms with Crippen molar-refractivity contribution in [1.82, 2.24) is 16.0 Å². The third-order valence-electron chi connectivity index (χ3n) is 8.14. The second-order valence-corrected chi connectivity index (χ2v) is 14.2. The molecule has 0 saturated carbocycles. The van der Waals surface area contributed by atoms with Crippen LogP contribution >= 0.6 is 0 Å². The summed E-state index contributed by atoms with van der Waals surface area (Å²) in [5, 5.41) is 20.5. The molecule has 48 heavy (non-hydrogen) atoms. The number of benzene rings is 4. The molecule has 4 aromatic carbocycles. The molecule has 0 aromatic heterocycles. The number of rotatable bonds is 15. The van der Waals surface area contributed by atoms with Gasteiger partial charge in [-0.15, -0.1) is 0 Å². The molecule has 0 heterocycles. The van der Waals surface area contributed by atoms with E-state index in [1.165, 1.54) is 25.2 Å². The van der Waals surface area contributed by atoms with E-state index in [4.69, 9.17) is 0 Å². The lowest BCUT2D eigenvalue weighted by Crippen LogP contribution is -2.48. The molecule has 11 heteroatoms. The van der Waals surface area contributed by atoms with Crippen LogP contribution in [0.4, 0.5) is 11.4 Å². The van der Waals surface area contributed by atoms with Gasteiger partial charge in [0.1, 0.15) is 0 Å². The lowest BCUT2D eigenvalue weighted by atomic mass is 10.00. The van der Waals surface area contributed by atoms with E-state index in [0.29, 0.717) is 13.0 Å². The number of aliphatic hydroxyl groups excluding tert-OH is 1. The first-order chi connectivity index (χ1) is 22.8. The van der Waals surface area contributed by atoms with Gasteiger partial charge < -0.3 is 26.0 Å². The van der Waals surface area contributed by atoms with Gasteiger partial charge >= 0.3 is 0 Å². The van der Waals surface area contributed by atoms with E-state index >= 15 is 0 Å². The van der Waals surface area contributed by atoms with Crippen LogP contribution in [0, 0.1) is 0 Å². The molecule has 0 spiro atoms. The third kappa shape index (κ3) is 10.1. The van der Waals surface area contributed by atoms with E-state index < -0.39 is 34.0 Å². The van der Waals surface area contributed by atoms with Crippen LogP contribution in [0.3, 0.4) is 0 Å². The molecule has 3 unspecified atom stereocenters. The molecule has 4 N–H and O–H groups in total. The molecule has 10 nitrogen and oxygen atoms in total. The maximum atomic E-state index is 13.8. The zero-order valence-electron chi connectivity index (χ0n) is 28.1. The summed E-state index contributed by atoms with van der Waals surface area (Å²) in [5.74, 6) is -1.02. The predicted molar refractivity (Wildman–Crippen MR) is 192 cm³/mol. The lowest BCUT2D eigenvalue weighted by molar-refractivity contribution is 0.0830. The van der Waals surface area contributed by atoms with Crippen LogP contribution in [-0.4, -0.2) is 71.4 Å². The van der Waals surface area contributed by atoms with Crippen molar-refractivity contribution in [2.75, 3.05) is 43.1 Å². The summed E-state index contributed by atoms with van der Waals surface area (Å²) in [6.45, 7) is 2.56. The second-order valence-electron chi connectivity index (χ2n) is 12.1. The van der Waals surface area contributed by atoms with Crippen LogP contribution in [0.5, 0.6) is 0 Å². The molecule has 0 aliphatic carbocycles. The Hall–Kier alpha value is -4.71. The first-order valence-electron chi connectivity index (χ1n) is 15.8. The van der Waals surface area contributed by atoms with Gasteiger partial charge in [-0.2, -0.15) is 0 Å². The molecular formula is C37H45N5O5S. The average Bonchev–Trinajstić information content (AvgIpc) is 3.07. The van der Waals surface area contributed by atoms with Crippen LogP contribution < -0.4 is 25.2 Å². The van der Waals surface area contributed by atoms with Gasteiger partial charge in [-0.25, -0.2) is 8.42 Å². The SMILES string of the molecule is CC(NC(=O)c1cc(C(=O)NC(Cc2ccccc2)C(O)CNCc2cccc(N(C)C)c2)cc(N(C)S(C)(=O)=O)c1)c1ccccc1. The zero-order chi connectivity index (χ0) is 34.8. The van der Waals surface area contributed by atoms with Gasteiger partial charge in [0.15, 0.2) is 0 Å². The van der Waals surface area contributed by atoms with E-state index in [-0.39, 0.29) is 29.4 Å². The molecule has 0 bridgehead atoms. The Morgan fingerprint density at radius 3 is 1.94 bits per heavy atom. The van der Waals surface area contributed by atoms with Gasteiger partial charge in [0, 0.05) is 51.0 Å². The molecule has 4 rings (SSSR count). The molecule has 4 aromatic rings. The standard InChI is InChI=1S/C37H45N5O5S/c1-26(29-16-10-7-11-17-29)39-36(44)30-21-31(23-33(22-30)42(4)48(5,46)47)37(45)40-34(20-27-13-8-6-9-14-27)35(43)25-38-24-28-15-12-18-32(19-28)41(2)3/h6-19,21-23,26,34-35,38,43H,20,24-25H2,1-5H3,(H,39,44)(H,40,45). The van der Waals surface area contributed by atoms with E-state index in [9.17, 15) is 23.1 Å². The highest BCUT2D eigenvalue weighted by atomic mass is 32.2. The van der Waals surface area contributed by atoms with Gasteiger partial charge in [-0.1, -0.05) is 72.8 Å². The topological polar surface area (TPSA) is 131 Å². The van der Waals surface area contributed by atoms with Crippen molar-refractivity contribution in [3.63, 3.8) is 0 Å². The summed E-state index contributed by atoms with van der Waals surface area (Å²) in [4.78, 5) is 29.3. The highest BCUT2D eigenvalue weighted by molar-refractivity contribution is 7.92. The quantitative estimate of drug-likeness (QED) is 0.150. The first-order valence-corrected chi connectivity index (χ1v) is 17.6. The van der Waals surface area contributed by atoms with E-state index in [2.05, 4.69) is 22.0 Å². The maximum absolute atomic E-state index is 13.8. The summed E-state index contributed by atoms with van der Waals surface area (Å²) in [6.07, 6.45) is 0.422. The Morgan fingerprint density at radius 2 is 1.33 bits per heavy atom. The number of nitrogens with zero attached hydrogens (tertiary/aromatic N) is 2. The number of carbonyl (C=O) groups is 2. The molecule has 254 valence electrons. The van der Waals surface area contributed by atoms with Crippen molar-refractivity contribution in [2.45, 2.75) is 38.1 Å². The lowest BCUT2D eigenvalue weighted by Gasteiger charge is -2.26. The number of anilines is 2. The number of aliphatic hydroxyl groups is 1. The van der Waals surface area contributed by atoms with Crippen molar-refractivity contribution < 1.29 is 23.1 Å². The van der Waals surface area contributed by atoms with E-state index in [1.807, 2.05) is 105 Å². The molecule has 0 aliphatic heterocycles. The Kier molecular flexibility index (Phi) is 12.4. The normalized spacial score (nSPS) is 13.2. The number of carbonyl (C=O) groups excluding carboxylic acids is 2. The minimum atomic E-state index is -3.71. The largest absolute Gasteiger partial charge is 0.390 e. The van der Waals surface area contributed by atoms with Gasteiger partial charge in [-0.3, -0.25) is 13.9 Å². The Morgan fingerprint density at radius 1 is 0.750 bits per heavy atom. The fourth-order valence-corrected chi connectivity index (χ4v) is 5.69. The Bertz CT molecular complexity index is 1780. The average molecular weight is 672 g/mol. The van der Waals surface area contributed by atoms with Crippen molar-refractivity contribution in [1.29, 1.82) is 0 Å². The van der Waals surface area contributed by atoms with Crippen molar-refractivity contribution >= 4 is 33.2 Å². The smallest absolute Gasteiger partial charge is 0.251 e. The monoisotopic (exact) mass is 671 g/mol. The van der Waals surface area contributed by atoms with Crippen molar-refractivity contribution in [3.05, 3.63) is 131 Å². The van der Waals surface area contributed by atoms with E-state index in [0.717, 1.165) is 32.9 Å². The summed E-state index contributed by atoms with van der Waals surface area (Å²) >= 11 is 0. The highest BCUT2D eigenvalue weighted by Crippen LogP contribution is 2.22. The fourth-order valence-electron chi connectivity index (χ4n) is 5.21. The summed E-state index contributed by atoms with van der Waals surface area (Å²) in [7, 11) is 1.61. The molecule has 0 aliphatic rings. The van der Waals surface area contributed by atoms with Crippen LogP contribution in [0.15, 0.2) is 103 Å². The van der Waals surface area contributed by atoms with Crippen molar-refractivity contribution in [2.24, 2.45) is 0 Å². The molecular weight excluding hydrogens is 627 g/mol. The van der Waals surface area contributed by atoms with E-state index in [1.54, 1.807) is 0 Å². The highest BCUT2D eigenvalue weighted by Gasteiger charge is 2.25. The van der Waals surface area contributed by atoms with Crippen LogP contribution in [0.25, 0.3) is 0 Å². The van der Waals surface area contributed by atoms with Gasteiger partial charge in [0.25, 0.3) is 11.8 Å². The maximum Gasteiger partial charge on any atom is 0.251 e. The zero-order valence-corrected chi connectivity index (χ0v) is 28.9. The third-order valence-corrected chi connectivity index (χ3v) is 9.35. The predicted octanol–water partition coefficient (Wildman–Crippen LogP) is 4.13. The number of nitrogens with one attached hydrogen (secondary N) is 3. The van der Waals surface area contributed by atoms with Gasteiger partial charge in [-0.05, 0) is 60.4 Å². The number of sulfonamides is 1. The minimum Gasteiger partial charge on any atom is -0.390 e. The molecule has 0 fully saturated rings. The fraction of sp³-hybridized carbons (Fsp3) is 0.297. The number of amides is 2. The summed E-state index contributed by atoms with van der Waals surface area (Å²) < 4.78 is 25.9. The van der Waals surface area contributed by atoms with Gasteiger partial charge in [0.2, 0.25) is 10.0 Å². The summed E-state index contributed by atoms with van der Waals surface area (Å²) in [6, 6.07) is 30.3. The van der Waals surface area contributed by atoms with Crippen LogP contribution in [0.2, 0.25) is 0 Å². The molecule has 0 saturated heterocycles. The first kappa shape index (κ1) is 36.1.